The molecule has 2 aromatic carbocycles. The number of nitriles is 1. The third-order valence-electron chi connectivity index (χ3n) is 3.95. The molecular weight excluding hydrogens is 374 g/mol. The van der Waals surface area contributed by atoms with Gasteiger partial charge in [0.2, 0.25) is 5.95 Å². The van der Waals surface area contributed by atoms with Crippen LogP contribution < -0.4 is 10.6 Å². The largest absolute Gasteiger partial charge is 0.350 e. The van der Waals surface area contributed by atoms with Crippen LogP contribution in [0.1, 0.15) is 27.3 Å². The van der Waals surface area contributed by atoms with E-state index in [1.807, 2.05) is 24.3 Å². The minimum absolute atomic E-state index is 0.270. The number of halogens is 1. The lowest BCUT2D eigenvalue weighted by Crippen LogP contribution is -2.27. The molecule has 6 nitrogen and oxygen atoms in total. The second-order valence-corrected chi connectivity index (χ2v) is 6.60. The molecule has 0 saturated carbocycles. The van der Waals surface area contributed by atoms with E-state index in [0.717, 1.165) is 5.56 Å². The van der Waals surface area contributed by atoms with Crippen molar-refractivity contribution in [3.8, 4) is 6.07 Å². The van der Waals surface area contributed by atoms with Crippen LogP contribution in [0.3, 0.4) is 0 Å². The van der Waals surface area contributed by atoms with E-state index in [4.69, 9.17) is 16.9 Å². The summed E-state index contributed by atoms with van der Waals surface area (Å²) in [6, 6.07) is 18.2. The van der Waals surface area contributed by atoms with Crippen molar-refractivity contribution in [1.82, 2.24) is 15.3 Å². The van der Waals surface area contributed by atoms with Crippen LogP contribution in [-0.4, -0.2) is 22.4 Å². The maximum atomic E-state index is 12.5. The van der Waals surface area contributed by atoms with Gasteiger partial charge in [-0.3, -0.25) is 4.79 Å². The maximum absolute atomic E-state index is 12.5. The first-order valence-corrected chi connectivity index (χ1v) is 9.07. The van der Waals surface area contributed by atoms with Gasteiger partial charge in [-0.15, -0.1) is 0 Å². The van der Waals surface area contributed by atoms with Gasteiger partial charge in [-0.25, -0.2) is 9.97 Å². The summed E-state index contributed by atoms with van der Waals surface area (Å²) in [6.45, 7) is 2.28. The highest BCUT2D eigenvalue weighted by atomic mass is 35.5. The average Bonchev–Trinajstić information content (AvgIpc) is 2.69. The number of rotatable bonds is 6. The summed E-state index contributed by atoms with van der Waals surface area (Å²) in [5, 5.41) is 15.6. The Morgan fingerprint density at radius 1 is 1.14 bits per heavy atom. The second-order valence-electron chi connectivity index (χ2n) is 6.17. The predicted octanol–water partition coefficient (Wildman–Crippen LogP) is 4.03. The average molecular weight is 392 g/mol. The van der Waals surface area contributed by atoms with Gasteiger partial charge < -0.3 is 10.6 Å². The van der Waals surface area contributed by atoms with Crippen molar-refractivity contribution in [2.45, 2.75) is 13.3 Å². The van der Waals surface area contributed by atoms with Gasteiger partial charge in [0.1, 0.15) is 5.69 Å². The third-order valence-corrected chi connectivity index (χ3v) is 4.20. The molecule has 2 N–H and O–H groups in total. The Kier molecular flexibility index (Phi) is 6.20. The number of nitrogens with zero attached hydrogens (tertiary/aromatic N) is 3. The van der Waals surface area contributed by atoms with Crippen LogP contribution in [0.2, 0.25) is 5.02 Å². The number of hydrogen-bond donors (Lipinski definition) is 2. The van der Waals surface area contributed by atoms with E-state index in [1.165, 1.54) is 0 Å². The first-order chi connectivity index (χ1) is 13.5. The maximum Gasteiger partial charge on any atom is 0.270 e. The van der Waals surface area contributed by atoms with Crippen LogP contribution >= 0.6 is 11.6 Å². The summed E-state index contributed by atoms with van der Waals surface area (Å²) in [5.41, 5.74) is 3.24. The predicted molar refractivity (Wildman–Crippen MR) is 109 cm³/mol. The summed E-state index contributed by atoms with van der Waals surface area (Å²) in [4.78, 5) is 21.0. The Morgan fingerprint density at radius 3 is 2.68 bits per heavy atom. The first kappa shape index (κ1) is 19.3. The molecule has 0 radical (unpaired) electrons. The van der Waals surface area contributed by atoms with E-state index in [1.54, 1.807) is 37.3 Å². The lowest BCUT2D eigenvalue weighted by atomic mass is 10.1. The zero-order chi connectivity index (χ0) is 19.9. The van der Waals surface area contributed by atoms with E-state index >= 15 is 0 Å². The first-order valence-electron chi connectivity index (χ1n) is 8.69. The van der Waals surface area contributed by atoms with Crippen molar-refractivity contribution in [3.05, 3.63) is 82.1 Å². The van der Waals surface area contributed by atoms with Gasteiger partial charge in [-0.1, -0.05) is 29.8 Å². The van der Waals surface area contributed by atoms with Crippen LogP contribution in [0, 0.1) is 18.3 Å². The quantitative estimate of drug-likeness (QED) is 0.662. The minimum Gasteiger partial charge on any atom is -0.350 e. The van der Waals surface area contributed by atoms with Gasteiger partial charge in [-0.2, -0.15) is 5.26 Å². The SMILES string of the molecule is Cc1cc(C(=O)NCCc2ccc(Cl)cc2)nc(Nc2cccc(C#N)c2)n1. The fourth-order valence-electron chi connectivity index (χ4n) is 2.60. The zero-order valence-electron chi connectivity index (χ0n) is 15.2. The topological polar surface area (TPSA) is 90.7 Å². The van der Waals surface area contributed by atoms with Gasteiger partial charge in [0.15, 0.2) is 0 Å². The summed E-state index contributed by atoms with van der Waals surface area (Å²) in [7, 11) is 0. The molecule has 0 unspecified atom stereocenters. The van der Waals surface area contributed by atoms with Crippen molar-refractivity contribution in [2.75, 3.05) is 11.9 Å². The van der Waals surface area contributed by atoms with Gasteiger partial charge in [-0.05, 0) is 55.3 Å². The molecule has 0 aliphatic heterocycles. The Balaban J connectivity index is 1.65. The molecule has 0 fully saturated rings. The molecule has 0 atom stereocenters. The monoisotopic (exact) mass is 391 g/mol. The molecule has 1 heterocycles. The second kappa shape index (κ2) is 8.98. The number of benzene rings is 2. The molecule has 1 aromatic heterocycles. The highest BCUT2D eigenvalue weighted by Crippen LogP contribution is 2.15. The molecule has 0 aliphatic carbocycles. The summed E-state index contributed by atoms with van der Waals surface area (Å²) >= 11 is 5.88. The number of aryl methyl sites for hydroxylation is 1. The lowest BCUT2D eigenvalue weighted by Gasteiger charge is -2.09. The number of anilines is 2. The molecule has 28 heavy (non-hydrogen) atoms. The summed E-state index contributed by atoms with van der Waals surface area (Å²) in [6.07, 6.45) is 0.693. The van der Waals surface area contributed by atoms with Crippen LogP contribution in [0.15, 0.2) is 54.6 Å². The normalized spacial score (nSPS) is 10.2. The number of carbonyl (C=O) groups excluding carboxylic acids is 1. The Morgan fingerprint density at radius 2 is 1.93 bits per heavy atom. The molecule has 3 aromatic rings. The Bertz CT molecular complexity index is 1030. The van der Waals surface area contributed by atoms with Crippen molar-refractivity contribution in [3.63, 3.8) is 0 Å². The molecule has 0 saturated heterocycles. The highest BCUT2D eigenvalue weighted by Gasteiger charge is 2.11. The Labute approximate surface area is 168 Å². The van der Waals surface area contributed by atoms with Crippen LogP contribution in [0.5, 0.6) is 0 Å². The van der Waals surface area contributed by atoms with E-state index in [0.29, 0.717) is 40.9 Å². The highest BCUT2D eigenvalue weighted by molar-refractivity contribution is 6.30. The smallest absolute Gasteiger partial charge is 0.270 e. The van der Waals surface area contributed by atoms with Crippen molar-refractivity contribution in [2.24, 2.45) is 0 Å². The molecule has 3 rings (SSSR count). The molecular formula is C21H18ClN5O. The van der Waals surface area contributed by atoms with Gasteiger partial charge in [0, 0.05) is 22.9 Å². The van der Waals surface area contributed by atoms with Gasteiger partial charge in [0.25, 0.3) is 5.91 Å². The third kappa shape index (κ3) is 5.29. The van der Waals surface area contributed by atoms with Crippen molar-refractivity contribution < 1.29 is 4.79 Å². The zero-order valence-corrected chi connectivity index (χ0v) is 16.0. The fraction of sp³-hybridized carbons (Fsp3) is 0.143. The Hall–Kier alpha value is -3.43. The molecule has 0 bridgehead atoms. The fourth-order valence-corrected chi connectivity index (χ4v) is 2.72. The van der Waals surface area contributed by atoms with E-state index in [-0.39, 0.29) is 11.6 Å². The van der Waals surface area contributed by atoms with Crippen molar-refractivity contribution in [1.29, 1.82) is 5.26 Å². The summed E-state index contributed by atoms with van der Waals surface area (Å²) in [5.74, 6) is 0.0335. The molecule has 0 spiro atoms. The number of hydrogen-bond acceptors (Lipinski definition) is 5. The number of aromatic nitrogens is 2. The summed E-state index contributed by atoms with van der Waals surface area (Å²) < 4.78 is 0. The van der Waals surface area contributed by atoms with E-state index in [2.05, 4.69) is 26.7 Å². The molecule has 140 valence electrons. The van der Waals surface area contributed by atoms with E-state index < -0.39 is 0 Å². The number of carbonyl (C=O) groups is 1. The lowest BCUT2D eigenvalue weighted by molar-refractivity contribution is 0.0949. The molecule has 1 amide bonds. The minimum atomic E-state index is -0.270. The van der Waals surface area contributed by atoms with Crippen molar-refractivity contribution >= 4 is 29.1 Å². The molecule has 7 heteroatoms. The van der Waals surface area contributed by atoms with Crippen LogP contribution in [-0.2, 0) is 6.42 Å². The van der Waals surface area contributed by atoms with Crippen LogP contribution in [0.25, 0.3) is 0 Å². The van der Waals surface area contributed by atoms with E-state index in [9.17, 15) is 4.79 Å². The standard InChI is InChI=1S/C21H18ClN5O/c1-14-11-19(20(28)24-10-9-15-5-7-17(22)8-6-15)27-21(25-14)26-18-4-2-3-16(12-18)13-23/h2-8,11-12H,9-10H2,1H3,(H,24,28)(H,25,26,27). The van der Waals surface area contributed by atoms with Crippen LogP contribution in [0.4, 0.5) is 11.6 Å². The number of nitrogens with one attached hydrogen (secondary N) is 2. The number of amides is 1. The van der Waals surface area contributed by atoms with Gasteiger partial charge in [0.05, 0.1) is 11.6 Å². The van der Waals surface area contributed by atoms with Gasteiger partial charge >= 0.3 is 0 Å². The molecule has 0 aliphatic rings.